The number of hydrogen-bond donors (Lipinski definition) is 0. The molecule has 1 saturated heterocycles. The van der Waals surface area contributed by atoms with E-state index in [-0.39, 0.29) is 6.10 Å². The van der Waals surface area contributed by atoms with Gasteiger partial charge in [-0.15, -0.1) is 0 Å². The Kier molecular flexibility index (Phi) is 2.55. The van der Waals surface area contributed by atoms with Crippen LogP contribution in [-0.2, 0) is 9.47 Å². The molecule has 0 aliphatic carbocycles. The summed E-state index contributed by atoms with van der Waals surface area (Å²) in [7, 11) is 0. The molecule has 1 aliphatic rings. The minimum atomic E-state index is -0.208. The second kappa shape index (κ2) is 4.05. The van der Waals surface area contributed by atoms with Crippen LogP contribution >= 0.6 is 11.6 Å². The largest absolute Gasteiger partial charge is 0.438 e. The molecule has 0 saturated carbocycles. The van der Waals surface area contributed by atoms with E-state index in [1.54, 1.807) is 18.2 Å². The first kappa shape index (κ1) is 10.1. The van der Waals surface area contributed by atoms with Crippen LogP contribution in [0.5, 0.6) is 0 Å². The number of ether oxygens (including phenoxy) is 2. The van der Waals surface area contributed by atoms with Gasteiger partial charge in [0, 0.05) is 5.02 Å². The van der Waals surface area contributed by atoms with Crippen molar-refractivity contribution in [2.75, 3.05) is 19.8 Å². The third-order valence-corrected chi connectivity index (χ3v) is 2.69. The van der Waals surface area contributed by atoms with Crippen LogP contribution in [-0.4, -0.2) is 24.8 Å². The second-order valence-electron chi connectivity index (χ2n) is 3.60. The number of halogens is 1. The van der Waals surface area contributed by atoms with Crippen LogP contribution in [0, 0.1) is 0 Å². The lowest BCUT2D eigenvalue weighted by atomic mass is 10.3. The molecule has 16 heavy (non-hydrogen) atoms. The van der Waals surface area contributed by atoms with Gasteiger partial charge in [-0.25, -0.2) is 4.98 Å². The molecule has 1 fully saturated rings. The highest BCUT2D eigenvalue weighted by atomic mass is 35.5. The SMILES string of the molecule is Clc1ccc2oc(C3COCCO3)nc2c1. The first-order chi connectivity index (χ1) is 7.83. The number of aromatic nitrogens is 1. The van der Waals surface area contributed by atoms with E-state index in [0.717, 1.165) is 5.52 Å². The fraction of sp³-hybridized carbons (Fsp3) is 0.364. The van der Waals surface area contributed by atoms with Crippen LogP contribution in [0.2, 0.25) is 5.02 Å². The molecule has 5 heteroatoms. The topological polar surface area (TPSA) is 44.5 Å². The summed E-state index contributed by atoms with van der Waals surface area (Å²) >= 11 is 5.88. The molecular weight excluding hydrogens is 230 g/mol. The maximum absolute atomic E-state index is 5.88. The number of rotatable bonds is 1. The van der Waals surface area contributed by atoms with Gasteiger partial charge in [0.2, 0.25) is 5.89 Å². The van der Waals surface area contributed by atoms with Gasteiger partial charge in [0.1, 0.15) is 5.52 Å². The zero-order valence-corrected chi connectivity index (χ0v) is 9.24. The lowest BCUT2D eigenvalue weighted by Gasteiger charge is -2.19. The van der Waals surface area contributed by atoms with Crippen LogP contribution < -0.4 is 0 Å². The Balaban J connectivity index is 1.97. The smallest absolute Gasteiger partial charge is 0.227 e. The molecule has 84 valence electrons. The van der Waals surface area contributed by atoms with Crippen molar-refractivity contribution in [2.45, 2.75) is 6.10 Å². The van der Waals surface area contributed by atoms with E-state index in [4.69, 9.17) is 25.5 Å². The summed E-state index contributed by atoms with van der Waals surface area (Å²) in [5.74, 6) is 0.553. The summed E-state index contributed by atoms with van der Waals surface area (Å²) in [5, 5.41) is 0.646. The Morgan fingerprint density at radius 3 is 3.06 bits per heavy atom. The molecular formula is C11H10ClNO3. The van der Waals surface area contributed by atoms with Gasteiger partial charge in [-0.05, 0) is 18.2 Å². The highest BCUT2D eigenvalue weighted by Gasteiger charge is 2.22. The summed E-state index contributed by atoms with van der Waals surface area (Å²) in [6, 6.07) is 5.35. The van der Waals surface area contributed by atoms with Gasteiger partial charge in [0.25, 0.3) is 0 Å². The van der Waals surface area contributed by atoms with Gasteiger partial charge in [0.05, 0.1) is 19.8 Å². The molecule has 1 aliphatic heterocycles. The van der Waals surface area contributed by atoms with Crippen molar-refractivity contribution in [1.82, 2.24) is 4.98 Å². The highest BCUT2D eigenvalue weighted by molar-refractivity contribution is 6.31. The normalized spacial score (nSPS) is 21.4. The van der Waals surface area contributed by atoms with E-state index in [2.05, 4.69) is 4.98 Å². The van der Waals surface area contributed by atoms with Crippen molar-refractivity contribution in [3.05, 3.63) is 29.1 Å². The van der Waals surface area contributed by atoms with Gasteiger partial charge in [-0.1, -0.05) is 11.6 Å². The number of benzene rings is 1. The maximum atomic E-state index is 5.88. The van der Waals surface area contributed by atoms with Gasteiger partial charge in [-0.3, -0.25) is 0 Å². The Morgan fingerprint density at radius 1 is 1.31 bits per heavy atom. The van der Waals surface area contributed by atoms with Crippen molar-refractivity contribution < 1.29 is 13.9 Å². The van der Waals surface area contributed by atoms with E-state index < -0.39 is 0 Å². The van der Waals surface area contributed by atoms with Crippen molar-refractivity contribution in [3.63, 3.8) is 0 Å². The summed E-state index contributed by atoms with van der Waals surface area (Å²) in [6.07, 6.45) is -0.208. The lowest BCUT2D eigenvalue weighted by Crippen LogP contribution is -2.22. The third kappa shape index (κ3) is 1.80. The summed E-state index contributed by atoms with van der Waals surface area (Å²) in [4.78, 5) is 4.34. The number of nitrogens with zero attached hydrogens (tertiary/aromatic N) is 1. The predicted molar refractivity (Wildman–Crippen MR) is 58.5 cm³/mol. The van der Waals surface area contributed by atoms with Crippen LogP contribution in [0.15, 0.2) is 22.6 Å². The lowest BCUT2D eigenvalue weighted by molar-refractivity contribution is -0.0991. The maximum Gasteiger partial charge on any atom is 0.227 e. The van der Waals surface area contributed by atoms with Crippen molar-refractivity contribution in [1.29, 1.82) is 0 Å². The van der Waals surface area contributed by atoms with Crippen LogP contribution in [0.25, 0.3) is 11.1 Å². The molecule has 0 amide bonds. The quantitative estimate of drug-likeness (QED) is 0.767. The van der Waals surface area contributed by atoms with Gasteiger partial charge in [0.15, 0.2) is 11.7 Å². The molecule has 2 heterocycles. The molecule has 4 nitrogen and oxygen atoms in total. The summed E-state index contributed by atoms with van der Waals surface area (Å²) in [5.41, 5.74) is 1.46. The van der Waals surface area contributed by atoms with E-state index in [0.29, 0.717) is 36.3 Å². The zero-order valence-electron chi connectivity index (χ0n) is 8.48. The Bertz CT molecular complexity index is 505. The molecule has 1 atom stereocenters. The zero-order chi connectivity index (χ0) is 11.0. The molecule has 0 radical (unpaired) electrons. The van der Waals surface area contributed by atoms with Crippen LogP contribution in [0.4, 0.5) is 0 Å². The van der Waals surface area contributed by atoms with Crippen molar-refractivity contribution >= 4 is 22.7 Å². The van der Waals surface area contributed by atoms with Gasteiger partial charge in [-0.2, -0.15) is 0 Å². The first-order valence-corrected chi connectivity index (χ1v) is 5.46. The van der Waals surface area contributed by atoms with E-state index in [9.17, 15) is 0 Å². The number of fused-ring (bicyclic) bond motifs is 1. The minimum Gasteiger partial charge on any atom is -0.438 e. The van der Waals surface area contributed by atoms with E-state index in [1.807, 2.05) is 0 Å². The third-order valence-electron chi connectivity index (χ3n) is 2.46. The van der Waals surface area contributed by atoms with Crippen molar-refractivity contribution in [3.8, 4) is 0 Å². The molecule has 3 rings (SSSR count). The Labute approximate surface area is 97.1 Å². The molecule has 1 aromatic heterocycles. The first-order valence-electron chi connectivity index (χ1n) is 5.08. The molecule has 0 spiro atoms. The van der Waals surface area contributed by atoms with Gasteiger partial charge >= 0.3 is 0 Å². The summed E-state index contributed by atoms with van der Waals surface area (Å²) in [6.45, 7) is 1.69. The standard InChI is InChI=1S/C11H10ClNO3/c12-7-1-2-9-8(5-7)13-11(16-9)10-6-14-3-4-15-10/h1-2,5,10H,3-4,6H2. The fourth-order valence-corrected chi connectivity index (χ4v) is 1.85. The van der Waals surface area contributed by atoms with E-state index in [1.165, 1.54) is 0 Å². The average Bonchev–Trinajstić information content (AvgIpc) is 2.73. The number of hydrogen-bond acceptors (Lipinski definition) is 4. The molecule has 0 N–H and O–H groups in total. The molecule has 0 bridgehead atoms. The van der Waals surface area contributed by atoms with Gasteiger partial charge < -0.3 is 13.9 Å². The molecule has 1 aromatic carbocycles. The Morgan fingerprint density at radius 2 is 2.25 bits per heavy atom. The minimum absolute atomic E-state index is 0.208. The Hall–Kier alpha value is -1.10. The molecule has 1 unspecified atom stereocenters. The predicted octanol–water partition coefficient (Wildman–Crippen LogP) is 2.57. The summed E-state index contributed by atoms with van der Waals surface area (Å²) < 4.78 is 16.4. The van der Waals surface area contributed by atoms with Crippen LogP contribution in [0.3, 0.4) is 0 Å². The van der Waals surface area contributed by atoms with Crippen LogP contribution in [0.1, 0.15) is 12.0 Å². The second-order valence-corrected chi connectivity index (χ2v) is 4.03. The highest BCUT2D eigenvalue weighted by Crippen LogP contribution is 2.26. The monoisotopic (exact) mass is 239 g/mol. The molecule has 2 aromatic rings. The fourth-order valence-electron chi connectivity index (χ4n) is 1.69. The van der Waals surface area contributed by atoms with Crippen molar-refractivity contribution in [2.24, 2.45) is 0 Å². The number of oxazole rings is 1. The average molecular weight is 240 g/mol. The van der Waals surface area contributed by atoms with E-state index >= 15 is 0 Å².